The Bertz CT molecular complexity index is 205. The first-order valence-electron chi connectivity index (χ1n) is 4.68. The number of aliphatic carboxylic acids is 1. The molecule has 0 aromatic heterocycles. The average molecular weight is 210 g/mol. The molecule has 1 fully saturated rings. The predicted molar refractivity (Wildman–Crippen MR) is 43.8 cm³/mol. The number of halogens is 3. The Kier molecular flexibility index (Phi) is 3.39. The van der Waals surface area contributed by atoms with E-state index in [0.717, 1.165) is 0 Å². The van der Waals surface area contributed by atoms with Crippen LogP contribution in [-0.4, -0.2) is 17.3 Å². The third-order valence-corrected chi connectivity index (χ3v) is 2.77. The van der Waals surface area contributed by atoms with Gasteiger partial charge in [-0.2, -0.15) is 13.2 Å². The zero-order valence-corrected chi connectivity index (χ0v) is 7.68. The van der Waals surface area contributed by atoms with Crippen LogP contribution in [0.5, 0.6) is 0 Å². The molecule has 2 nitrogen and oxygen atoms in total. The number of carbonyl (C=O) groups is 1. The van der Waals surface area contributed by atoms with E-state index >= 15 is 0 Å². The highest BCUT2D eigenvalue weighted by Crippen LogP contribution is 2.40. The molecular formula is C9H13F3O2. The van der Waals surface area contributed by atoms with Crippen LogP contribution in [0.4, 0.5) is 13.2 Å². The number of carboxylic acids is 1. The molecular weight excluding hydrogens is 197 g/mol. The zero-order chi connectivity index (χ0) is 10.8. The molecule has 1 N–H and O–H groups in total. The van der Waals surface area contributed by atoms with Gasteiger partial charge in [-0.25, -0.2) is 0 Å². The van der Waals surface area contributed by atoms with Gasteiger partial charge in [-0.05, 0) is 31.6 Å². The van der Waals surface area contributed by atoms with Crippen LogP contribution in [0.2, 0.25) is 0 Å². The Morgan fingerprint density at radius 2 is 1.71 bits per heavy atom. The summed E-state index contributed by atoms with van der Waals surface area (Å²) in [6.07, 6.45) is -3.16. The molecule has 1 aliphatic carbocycles. The lowest BCUT2D eigenvalue weighted by atomic mass is 9.80. The molecule has 0 aromatic carbocycles. The second-order valence-corrected chi connectivity index (χ2v) is 3.86. The van der Waals surface area contributed by atoms with Gasteiger partial charge >= 0.3 is 12.1 Å². The van der Waals surface area contributed by atoms with Crippen molar-refractivity contribution in [2.45, 2.75) is 38.3 Å². The van der Waals surface area contributed by atoms with Crippen molar-refractivity contribution < 1.29 is 23.1 Å². The summed E-state index contributed by atoms with van der Waals surface area (Å²) in [5.41, 5.74) is 0. The van der Waals surface area contributed by atoms with Gasteiger partial charge in [0.25, 0.3) is 0 Å². The van der Waals surface area contributed by atoms with Crippen LogP contribution in [0.3, 0.4) is 0 Å². The van der Waals surface area contributed by atoms with Gasteiger partial charge in [0.1, 0.15) is 0 Å². The summed E-state index contributed by atoms with van der Waals surface area (Å²) in [5.74, 6) is -2.20. The minimum atomic E-state index is -4.10. The third kappa shape index (κ3) is 3.20. The van der Waals surface area contributed by atoms with Crippen LogP contribution in [0.15, 0.2) is 0 Å². The van der Waals surface area contributed by atoms with Crippen molar-refractivity contribution in [2.75, 3.05) is 0 Å². The van der Waals surface area contributed by atoms with E-state index in [2.05, 4.69) is 0 Å². The summed E-state index contributed by atoms with van der Waals surface area (Å²) in [7, 11) is 0. The molecule has 0 saturated heterocycles. The van der Waals surface area contributed by atoms with Gasteiger partial charge in [0, 0.05) is 6.42 Å². The topological polar surface area (TPSA) is 37.3 Å². The third-order valence-electron chi connectivity index (χ3n) is 2.77. The molecule has 1 aliphatic rings. The highest BCUT2D eigenvalue weighted by atomic mass is 19.4. The van der Waals surface area contributed by atoms with Gasteiger partial charge in [0.2, 0.25) is 0 Å². The highest BCUT2D eigenvalue weighted by molar-refractivity contribution is 5.67. The maximum atomic E-state index is 12.2. The molecule has 0 aliphatic heterocycles. The van der Waals surface area contributed by atoms with Gasteiger partial charge < -0.3 is 5.11 Å². The maximum Gasteiger partial charge on any atom is 0.391 e. The lowest BCUT2D eigenvalue weighted by molar-refractivity contribution is -0.184. The fourth-order valence-electron chi connectivity index (χ4n) is 1.94. The van der Waals surface area contributed by atoms with E-state index in [4.69, 9.17) is 5.11 Å². The first-order chi connectivity index (χ1) is 6.39. The van der Waals surface area contributed by atoms with E-state index in [1.807, 2.05) is 0 Å². The number of rotatable bonds is 2. The van der Waals surface area contributed by atoms with Gasteiger partial charge in [-0.1, -0.05) is 0 Å². The normalized spacial score (nSPS) is 28.8. The molecule has 0 aromatic rings. The number of hydrogen-bond acceptors (Lipinski definition) is 1. The zero-order valence-electron chi connectivity index (χ0n) is 7.68. The summed E-state index contributed by atoms with van der Waals surface area (Å²) in [6, 6.07) is 0. The van der Waals surface area contributed by atoms with E-state index in [0.29, 0.717) is 12.8 Å². The average Bonchev–Trinajstić information content (AvgIpc) is 2.02. The summed E-state index contributed by atoms with van der Waals surface area (Å²) < 4.78 is 36.6. The van der Waals surface area contributed by atoms with Crippen LogP contribution < -0.4 is 0 Å². The van der Waals surface area contributed by atoms with Gasteiger partial charge in [-0.3, -0.25) is 4.79 Å². The standard InChI is InChI=1S/C9H13F3O2/c10-9(11,12)7-3-1-6(2-4-7)5-8(13)14/h6-7H,1-5H2,(H,13,14). The quantitative estimate of drug-likeness (QED) is 0.760. The van der Waals surface area contributed by atoms with Gasteiger partial charge in [0.15, 0.2) is 0 Å². The van der Waals surface area contributed by atoms with Gasteiger partial charge in [-0.15, -0.1) is 0 Å². The van der Waals surface area contributed by atoms with E-state index < -0.39 is 18.1 Å². The van der Waals surface area contributed by atoms with Crippen molar-refractivity contribution in [3.63, 3.8) is 0 Å². The summed E-state index contributed by atoms with van der Waals surface area (Å²) in [4.78, 5) is 10.3. The largest absolute Gasteiger partial charge is 0.481 e. The monoisotopic (exact) mass is 210 g/mol. The van der Waals surface area contributed by atoms with Crippen LogP contribution in [0.25, 0.3) is 0 Å². The Hall–Kier alpha value is -0.740. The van der Waals surface area contributed by atoms with Crippen LogP contribution in [0, 0.1) is 11.8 Å². The first-order valence-corrected chi connectivity index (χ1v) is 4.68. The van der Waals surface area contributed by atoms with E-state index in [-0.39, 0.29) is 25.2 Å². The van der Waals surface area contributed by atoms with Crippen molar-refractivity contribution in [2.24, 2.45) is 11.8 Å². The molecule has 1 rings (SSSR count). The molecule has 0 radical (unpaired) electrons. The highest BCUT2D eigenvalue weighted by Gasteiger charge is 2.41. The molecule has 0 bridgehead atoms. The maximum absolute atomic E-state index is 12.2. The smallest absolute Gasteiger partial charge is 0.391 e. The Labute approximate surface area is 80.1 Å². The molecule has 82 valence electrons. The lowest BCUT2D eigenvalue weighted by Gasteiger charge is -2.28. The fraction of sp³-hybridized carbons (Fsp3) is 0.889. The fourth-order valence-corrected chi connectivity index (χ4v) is 1.94. The van der Waals surface area contributed by atoms with E-state index in [1.54, 1.807) is 0 Å². The van der Waals surface area contributed by atoms with Crippen LogP contribution in [0.1, 0.15) is 32.1 Å². The Balaban J connectivity index is 2.35. The van der Waals surface area contributed by atoms with Crippen LogP contribution in [-0.2, 0) is 4.79 Å². The molecule has 0 atom stereocenters. The van der Waals surface area contributed by atoms with Crippen molar-refractivity contribution in [1.29, 1.82) is 0 Å². The molecule has 0 unspecified atom stereocenters. The summed E-state index contributed by atoms with van der Waals surface area (Å²) in [6.45, 7) is 0. The van der Waals surface area contributed by atoms with Crippen molar-refractivity contribution in [1.82, 2.24) is 0 Å². The molecule has 5 heteroatoms. The summed E-state index contributed by atoms with van der Waals surface area (Å²) >= 11 is 0. The molecule has 0 heterocycles. The number of hydrogen-bond donors (Lipinski definition) is 1. The number of alkyl halides is 3. The minimum Gasteiger partial charge on any atom is -0.481 e. The SMILES string of the molecule is O=C(O)CC1CCC(C(F)(F)F)CC1. The van der Waals surface area contributed by atoms with Crippen molar-refractivity contribution in [3.8, 4) is 0 Å². The van der Waals surface area contributed by atoms with Crippen LogP contribution >= 0.6 is 0 Å². The van der Waals surface area contributed by atoms with E-state index in [1.165, 1.54) is 0 Å². The lowest BCUT2D eigenvalue weighted by Crippen LogP contribution is -2.28. The second-order valence-electron chi connectivity index (χ2n) is 3.86. The predicted octanol–water partition coefficient (Wildman–Crippen LogP) is 2.83. The summed E-state index contributed by atoms with van der Waals surface area (Å²) in [5, 5.41) is 8.47. The Morgan fingerprint density at radius 1 is 1.21 bits per heavy atom. The van der Waals surface area contributed by atoms with E-state index in [9.17, 15) is 18.0 Å². The molecule has 0 spiro atoms. The first kappa shape index (κ1) is 11.3. The van der Waals surface area contributed by atoms with Crippen molar-refractivity contribution in [3.05, 3.63) is 0 Å². The Morgan fingerprint density at radius 3 is 2.07 bits per heavy atom. The molecule has 0 amide bonds. The number of carboxylic acid groups (broad SMARTS) is 1. The van der Waals surface area contributed by atoms with Gasteiger partial charge in [0.05, 0.1) is 5.92 Å². The second kappa shape index (κ2) is 4.19. The minimum absolute atomic E-state index is 0.00454. The molecule has 1 saturated carbocycles. The van der Waals surface area contributed by atoms with Crippen molar-refractivity contribution >= 4 is 5.97 Å². The molecule has 14 heavy (non-hydrogen) atoms.